The number of pyridine rings is 3. The monoisotopic (exact) mass is 1240 g/mol. The Morgan fingerprint density at radius 3 is 1.56 bits per heavy atom. The first-order valence-electron chi connectivity index (χ1n) is 25.2. The van der Waals surface area contributed by atoms with Crippen molar-refractivity contribution in [3.8, 4) is 47.0 Å². The highest BCUT2D eigenvalue weighted by Crippen LogP contribution is 2.40. The lowest BCUT2D eigenvalue weighted by atomic mass is 10.0. The van der Waals surface area contributed by atoms with Gasteiger partial charge in [0.25, 0.3) is 0 Å². The average molecular weight is 1240 g/mol. The largest absolute Gasteiger partial charge is 0.573 e. The van der Waals surface area contributed by atoms with Gasteiger partial charge in [0.1, 0.15) is 44.6 Å². The molecule has 86 heavy (non-hydrogen) atoms. The van der Waals surface area contributed by atoms with Crippen molar-refractivity contribution in [3.05, 3.63) is 201 Å². The van der Waals surface area contributed by atoms with E-state index in [1.807, 2.05) is 0 Å². The Balaban J connectivity index is 1.02. The number of esters is 1. The van der Waals surface area contributed by atoms with Gasteiger partial charge in [-0.15, -0.1) is 48.5 Å². The lowest BCUT2D eigenvalue weighted by Crippen LogP contribution is -2.17. The van der Waals surface area contributed by atoms with E-state index in [0.717, 1.165) is 24.3 Å². The number of fused-ring (bicyclic) bond motifs is 3. The summed E-state index contributed by atoms with van der Waals surface area (Å²) in [6, 6.07) is 23.1. The number of hydrogen-bond acceptors (Lipinski definition) is 12. The topological polar surface area (TPSA) is 171 Å². The highest BCUT2D eigenvalue weighted by molar-refractivity contribution is 7.99. The summed E-state index contributed by atoms with van der Waals surface area (Å²) in [5.41, 5.74) is -1.22. The number of aromatic nitrogens is 6. The van der Waals surface area contributed by atoms with Crippen LogP contribution in [0.25, 0.3) is 16.9 Å². The van der Waals surface area contributed by atoms with Crippen LogP contribution in [-0.4, -0.2) is 82.1 Å². The fraction of sp³-hybridized carbons (Fsp3) is 0.200. The standard InChI is InChI=1S/C60H41F9N6O8S3/c1-3-82-52(76)34-84-31-43-48(75-23-9-12-49(81-2)55(75)72-43)20-17-37-25-39(30-41(27-37)59(64,65)66)54(57(79)80)86-33-45-47(74-22-7-5-14-51(74)71-45)19-16-36-24-38(29-40(26-36)58(61,62)63)53(56(77)78)85-32-44-46(73-21-6-4-13-50(73)70-44)18-15-35-10-8-11-42(28-35)83-60(67,68)69/h4-14,21-30,53-54H,3,31-34H2,1-2H3,(H,77,78)(H,79,80). The maximum absolute atomic E-state index is 14.7. The molecule has 0 aliphatic heterocycles. The van der Waals surface area contributed by atoms with Crippen LogP contribution in [0.15, 0.2) is 128 Å². The molecule has 0 saturated heterocycles. The molecule has 0 spiro atoms. The fourth-order valence-corrected chi connectivity index (χ4v) is 11.4. The third kappa shape index (κ3) is 14.8. The molecular formula is C60H41F9N6O8S3. The molecule has 0 aliphatic carbocycles. The number of benzene rings is 3. The van der Waals surface area contributed by atoms with Crippen LogP contribution in [0.4, 0.5) is 39.5 Å². The third-order valence-electron chi connectivity index (χ3n) is 12.3. The highest BCUT2D eigenvalue weighted by Gasteiger charge is 2.35. The summed E-state index contributed by atoms with van der Waals surface area (Å²) < 4.78 is 146. The summed E-state index contributed by atoms with van der Waals surface area (Å²) in [4.78, 5) is 52.0. The smallest absolute Gasteiger partial charge is 0.493 e. The van der Waals surface area contributed by atoms with Crippen LogP contribution in [0.5, 0.6) is 11.5 Å². The number of carboxylic acids is 2. The molecule has 0 amide bonds. The van der Waals surface area contributed by atoms with E-state index < -0.39 is 64.0 Å². The zero-order valence-electron chi connectivity index (χ0n) is 44.5. The Hall–Kier alpha value is -9.16. The lowest BCUT2D eigenvalue weighted by molar-refractivity contribution is -0.274. The maximum atomic E-state index is 14.7. The number of methoxy groups -OCH3 is 1. The van der Waals surface area contributed by atoms with E-state index in [1.54, 1.807) is 76.6 Å². The molecule has 0 fully saturated rings. The molecule has 9 aromatic rings. The number of carbonyl (C=O) groups is 3. The summed E-state index contributed by atoms with van der Waals surface area (Å²) in [5, 5.41) is 17.8. The third-order valence-corrected chi connectivity index (χ3v) is 15.7. The molecule has 2 unspecified atom stereocenters. The van der Waals surface area contributed by atoms with Gasteiger partial charge in [-0.25, -0.2) is 15.0 Å². The van der Waals surface area contributed by atoms with Crippen LogP contribution in [0.1, 0.15) is 90.5 Å². The molecule has 440 valence electrons. The number of rotatable bonds is 17. The van der Waals surface area contributed by atoms with Gasteiger partial charge in [-0.3, -0.25) is 27.6 Å². The number of alkyl halides is 9. The van der Waals surface area contributed by atoms with E-state index in [9.17, 15) is 64.1 Å². The Labute approximate surface area is 495 Å². The minimum atomic E-state index is -5.00. The van der Waals surface area contributed by atoms with Crippen LogP contribution in [0.2, 0.25) is 0 Å². The molecule has 2 atom stereocenters. The summed E-state index contributed by atoms with van der Waals surface area (Å²) in [6.07, 6.45) is -10.2. The van der Waals surface area contributed by atoms with E-state index in [4.69, 9.17) is 9.47 Å². The van der Waals surface area contributed by atoms with Crippen molar-refractivity contribution < 1.29 is 78.3 Å². The molecule has 0 bridgehead atoms. The van der Waals surface area contributed by atoms with Gasteiger partial charge in [-0.1, -0.05) is 36.0 Å². The van der Waals surface area contributed by atoms with E-state index in [0.29, 0.717) is 58.4 Å². The zero-order valence-corrected chi connectivity index (χ0v) is 46.9. The molecular weight excluding hydrogens is 1200 g/mol. The number of carboxylic acid groups (broad SMARTS) is 2. The van der Waals surface area contributed by atoms with E-state index in [1.165, 1.54) is 53.7 Å². The first kappa shape index (κ1) is 61.4. The fourth-order valence-electron chi connectivity index (χ4n) is 8.66. The van der Waals surface area contributed by atoms with Crippen molar-refractivity contribution in [2.75, 3.05) is 19.5 Å². The number of carbonyl (C=O) groups excluding carboxylic acids is 1. The molecule has 3 aromatic carbocycles. The first-order chi connectivity index (χ1) is 41.0. The van der Waals surface area contributed by atoms with Crippen LogP contribution in [0, 0.1) is 35.5 Å². The van der Waals surface area contributed by atoms with Gasteiger partial charge in [-0.2, -0.15) is 26.3 Å². The predicted octanol–water partition coefficient (Wildman–Crippen LogP) is 12.7. The summed E-state index contributed by atoms with van der Waals surface area (Å²) in [7, 11) is 1.43. The van der Waals surface area contributed by atoms with Crippen molar-refractivity contribution in [1.82, 2.24) is 28.2 Å². The van der Waals surface area contributed by atoms with Gasteiger partial charge in [-0.05, 0) is 127 Å². The molecule has 6 heterocycles. The highest BCUT2D eigenvalue weighted by atomic mass is 32.2. The number of hydrogen-bond donors (Lipinski definition) is 2. The lowest BCUT2D eigenvalue weighted by Gasteiger charge is -2.16. The molecule has 14 nitrogen and oxygen atoms in total. The Morgan fingerprint density at radius 1 is 0.570 bits per heavy atom. The minimum Gasteiger partial charge on any atom is -0.493 e. The summed E-state index contributed by atoms with van der Waals surface area (Å²) in [6.45, 7) is 1.83. The number of ether oxygens (including phenoxy) is 3. The first-order valence-corrected chi connectivity index (χ1v) is 28.5. The minimum absolute atomic E-state index is 0.0270. The Bertz CT molecular complexity index is 4280. The molecule has 0 aliphatic rings. The molecule has 26 heteroatoms. The van der Waals surface area contributed by atoms with Crippen LogP contribution >= 0.6 is 35.3 Å². The predicted molar refractivity (Wildman–Crippen MR) is 302 cm³/mol. The number of imidazole rings is 3. The second-order valence-electron chi connectivity index (χ2n) is 18.2. The second kappa shape index (κ2) is 26.0. The zero-order chi connectivity index (χ0) is 61.5. The van der Waals surface area contributed by atoms with Crippen molar-refractivity contribution >= 4 is 70.1 Å². The number of thioether (sulfide) groups is 3. The van der Waals surface area contributed by atoms with Crippen LogP contribution in [0.3, 0.4) is 0 Å². The van der Waals surface area contributed by atoms with Gasteiger partial charge in [0.2, 0.25) is 0 Å². The molecule has 9 rings (SSSR count). The quantitative estimate of drug-likeness (QED) is 0.0501. The van der Waals surface area contributed by atoms with Crippen molar-refractivity contribution in [1.29, 1.82) is 0 Å². The van der Waals surface area contributed by atoms with E-state index >= 15 is 0 Å². The summed E-state index contributed by atoms with van der Waals surface area (Å²) >= 11 is 2.55. The molecule has 0 saturated carbocycles. The SMILES string of the molecule is CCOC(=O)CSCc1nc2c(OC)cccn2c1C#Cc1cc(C(SCc2nc3ccccn3c2C#Cc2cc(C(SCc3nc4ccccn4c3C#Cc3cccc(OC(F)(F)F)c3)C(=O)O)cc(C(F)(F)F)c2)C(=O)O)cc(C(F)(F)F)c1. The van der Waals surface area contributed by atoms with Crippen LogP contribution in [-0.2, 0) is 48.7 Å². The number of halogens is 9. The second-order valence-corrected chi connectivity index (χ2v) is 21.4. The molecule has 6 aromatic heterocycles. The van der Waals surface area contributed by atoms with Gasteiger partial charge < -0.3 is 24.4 Å². The Morgan fingerprint density at radius 2 is 1.07 bits per heavy atom. The van der Waals surface area contributed by atoms with Gasteiger partial charge in [0.05, 0.1) is 47.7 Å². The summed E-state index contributed by atoms with van der Waals surface area (Å²) in [5.74, 6) is 12.7. The van der Waals surface area contributed by atoms with Crippen LogP contribution < -0.4 is 9.47 Å². The van der Waals surface area contributed by atoms with Crippen molar-refractivity contribution in [2.24, 2.45) is 0 Å². The van der Waals surface area contributed by atoms with E-state index in [2.05, 4.69) is 55.2 Å². The Kier molecular flexibility index (Phi) is 18.6. The number of nitrogens with zero attached hydrogens (tertiary/aromatic N) is 6. The van der Waals surface area contributed by atoms with Gasteiger partial charge in [0.15, 0.2) is 11.4 Å². The maximum Gasteiger partial charge on any atom is 0.573 e. The van der Waals surface area contributed by atoms with Crippen molar-refractivity contribution in [3.63, 3.8) is 0 Å². The normalized spacial score (nSPS) is 12.4. The van der Waals surface area contributed by atoms with E-state index in [-0.39, 0.29) is 91.6 Å². The molecule has 2 N–H and O–H groups in total. The molecule has 0 radical (unpaired) electrons. The average Bonchev–Trinajstić information content (AvgIpc) is 3.38. The number of aliphatic carboxylic acids is 2. The van der Waals surface area contributed by atoms with Gasteiger partial charge >= 0.3 is 36.6 Å². The van der Waals surface area contributed by atoms with Gasteiger partial charge in [0, 0.05) is 52.5 Å². The van der Waals surface area contributed by atoms with Crippen molar-refractivity contribution in [2.45, 2.75) is 53.4 Å².